The van der Waals surface area contributed by atoms with Crippen LogP contribution in [0.2, 0.25) is 0 Å². The summed E-state index contributed by atoms with van der Waals surface area (Å²) in [6.07, 6.45) is 9.43. The average molecular weight is 270 g/mol. The third kappa shape index (κ3) is 1.45. The van der Waals surface area contributed by atoms with E-state index in [9.17, 15) is 0 Å². The van der Waals surface area contributed by atoms with Crippen molar-refractivity contribution in [3.05, 3.63) is 30.3 Å². The van der Waals surface area contributed by atoms with Gasteiger partial charge in [0.2, 0.25) is 0 Å². The number of hydrogen-bond acceptors (Lipinski definition) is 0. The van der Waals surface area contributed by atoms with Crippen molar-refractivity contribution in [1.82, 2.24) is 0 Å². The summed E-state index contributed by atoms with van der Waals surface area (Å²) < 4.78 is 0. The molecule has 3 aliphatic carbocycles. The van der Waals surface area contributed by atoms with Crippen molar-refractivity contribution in [2.45, 2.75) is 37.8 Å². The third-order valence-electron chi connectivity index (χ3n) is 6.85. The molecule has 1 saturated heterocycles. The molecule has 4 fully saturated rings. The molecule has 0 radical (unpaired) electrons. The van der Waals surface area contributed by atoms with E-state index in [2.05, 4.69) is 30.3 Å². The van der Waals surface area contributed by atoms with Crippen LogP contribution in [-0.2, 0) is 0 Å². The summed E-state index contributed by atoms with van der Waals surface area (Å²) in [7, 11) is 0.181. The summed E-state index contributed by atoms with van der Waals surface area (Å²) in [4.78, 5) is 0. The first kappa shape index (κ1) is 11.3. The maximum absolute atomic E-state index is 2.42. The van der Waals surface area contributed by atoms with Gasteiger partial charge >= 0.3 is 0 Å². The maximum Gasteiger partial charge on any atom is -0.0107 e. The Labute approximate surface area is 117 Å². The largest absolute Gasteiger partial charge is 0.0715 e. The Kier molecular flexibility index (Phi) is 2.43. The van der Waals surface area contributed by atoms with Gasteiger partial charge in [0.25, 0.3) is 0 Å². The zero-order valence-electron chi connectivity index (χ0n) is 11.5. The molecule has 1 heterocycles. The first-order valence-corrected chi connectivity index (χ1v) is 9.85. The number of benzene rings is 1. The fraction of sp³-hybridized carbons (Fsp3) is 0.667. The molecule has 1 aromatic carbocycles. The molecule has 7 atom stereocenters. The van der Waals surface area contributed by atoms with Crippen LogP contribution in [0.3, 0.4) is 0 Å². The first-order chi connectivity index (χ1) is 9.43. The van der Waals surface area contributed by atoms with Gasteiger partial charge < -0.3 is 0 Å². The molecule has 0 nitrogen and oxygen atoms in total. The summed E-state index contributed by atoms with van der Waals surface area (Å²) >= 11 is 0. The van der Waals surface area contributed by atoms with E-state index >= 15 is 0 Å². The predicted octanol–water partition coefficient (Wildman–Crippen LogP) is 4.25. The molecule has 7 unspecified atom stereocenters. The molecule has 100 valence electrons. The van der Waals surface area contributed by atoms with Crippen molar-refractivity contribution in [2.24, 2.45) is 29.6 Å². The van der Waals surface area contributed by atoms with E-state index in [-0.39, 0.29) is 7.92 Å². The summed E-state index contributed by atoms with van der Waals surface area (Å²) in [6.45, 7) is 0. The lowest BCUT2D eigenvalue weighted by molar-refractivity contribution is 0.200. The molecule has 4 aliphatic rings. The summed E-state index contributed by atoms with van der Waals surface area (Å²) in [5.74, 6) is 5.74. The van der Waals surface area contributed by atoms with Crippen LogP contribution in [0.4, 0.5) is 0 Å². The highest BCUT2D eigenvalue weighted by Crippen LogP contribution is 2.72. The highest BCUT2D eigenvalue weighted by atomic mass is 31.1. The van der Waals surface area contributed by atoms with Crippen LogP contribution in [0.5, 0.6) is 0 Å². The van der Waals surface area contributed by atoms with Gasteiger partial charge in [-0.05, 0) is 72.4 Å². The molecule has 2 bridgehead atoms. The van der Waals surface area contributed by atoms with Gasteiger partial charge in [0.1, 0.15) is 0 Å². The van der Waals surface area contributed by atoms with Gasteiger partial charge in [0.05, 0.1) is 0 Å². The molecular formula is C18H23P. The number of hydrogen-bond donors (Lipinski definition) is 0. The summed E-state index contributed by atoms with van der Waals surface area (Å²) in [5.41, 5.74) is 1.13. The molecular weight excluding hydrogens is 247 g/mol. The monoisotopic (exact) mass is 270 g/mol. The van der Waals surface area contributed by atoms with Crippen molar-refractivity contribution < 1.29 is 0 Å². The van der Waals surface area contributed by atoms with Crippen LogP contribution < -0.4 is 5.30 Å². The number of rotatable bonds is 1. The average Bonchev–Trinajstić information content (AvgIpc) is 3.17. The minimum Gasteiger partial charge on any atom is -0.0715 e. The Hall–Kier alpha value is -0.350. The summed E-state index contributed by atoms with van der Waals surface area (Å²) in [6, 6.07) is 11.5. The first-order valence-electron chi connectivity index (χ1n) is 8.25. The number of fused-ring (bicyclic) bond motifs is 8. The smallest absolute Gasteiger partial charge is 0.0107 e. The lowest BCUT2D eigenvalue weighted by Crippen LogP contribution is -2.33. The Morgan fingerprint density at radius 3 is 2.42 bits per heavy atom. The van der Waals surface area contributed by atoms with Crippen molar-refractivity contribution in [3.63, 3.8) is 0 Å². The van der Waals surface area contributed by atoms with E-state index in [0.717, 1.165) is 35.2 Å². The lowest BCUT2D eigenvalue weighted by atomic mass is 9.75. The highest BCUT2D eigenvalue weighted by Gasteiger charge is 2.61. The standard InChI is InChI=1S/C18H23P/c1-2-5-12(6-3-1)19-10-9-15-16-11-17(18(15)19)14-8-4-7-13(14)16/h1-3,5-6,13-18H,4,7-11H2. The zero-order chi connectivity index (χ0) is 12.4. The maximum atomic E-state index is 2.42. The second-order valence-electron chi connectivity index (χ2n) is 7.29. The Morgan fingerprint density at radius 2 is 1.58 bits per heavy atom. The van der Waals surface area contributed by atoms with Gasteiger partial charge in [-0.3, -0.25) is 0 Å². The molecule has 0 spiro atoms. The van der Waals surface area contributed by atoms with Gasteiger partial charge in [0, 0.05) is 0 Å². The molecule has 0 amide bonds. The van der Waals surface area contributed by atoms with E-state index in [1.807, 2.05) is 0 Å². The van der Waals surface area contributed by atoms with Gasteiger partial charge in [-0.2, -0.15) is 0 Å². The quantitative estimate of drug-likeness (QED) is 0.669. The van der Waals surface area contributed by atoms with Crippen molar-refractivity contribution >= 4 is 13.2 Å². The van der Waals surface area contributed by atoms with E-state index in [0.29, 0.717) is 0 Å². The van der Waals surface area contributed by atoms with E-state index in [4.69, 9.17) is 0 Å². The van der Waals surface area contributed by atoms with Crippen molar-refractivity contribution in [1.29, 1.82) is 0 Å². The topological polar surface area (TPSA) is 0 Å². The molecule has 0 N–H and O–H groups in total. The van der Waals surface area contributed by atoms with E-state index in [1.165, 1.54) is 0 Å². The Bertz CT molecular complexity index is 482. The van der Waals surface area contributed by atoms with Crippen LogP contribution in [-0.4, -0.2) is 11.8 Å². The van der Waals surface area contributed by atoms with Crippen LogP contribution in [0.15, 0.2) is 30.3 Å². The molecule has 19 heavy (non-hydrogen) atoms. The van der Waals surface area contributed by atoms with E-state index in [1.54, 1.807) is 43.6 Å². The third-order valence-corrected chi connectivity index (χ3v) is 10.0. The van der Waals surface area contributed by atoms with Gasteiger partial charge in [0.15, 0.2) is 0 Å². The minimum atomic E-state index is 0.181. The second-order valence-corrected chi connectivity index (χ2v) is 9.79. The molecule has 3 saturated carbocycles. The normalized spacial score (nSPS) is 50.4. The van der Waals surface area contributed by atoms with Crippen LogP contribution >= 0.6 is 7.92 Å². The van der Waals surface area contributed by atoms with Crippen LogP contribution in [0, 0.1) is 29.6 Å². The SMILES string of the molecule is c1ccc(P2CCC3C4CC(C5CCCC45)C32)cc1. The molecule has 1 aromatic rings. The van der Waals surface area contributed by atoms with Gasteiger partial charge in [-0.15, -0.1) is 0 Å². The lowest BCUT2D eigenvalue weighted by Gasteiger charge is -2.37. The fourth-order valence-electron chi connectivity index (χ4n) is 6.41. The minimum absolute atomic E-state index is 0.181. The van der Waals surface area contributed by atoms with Gasteiger partial charge in [-0.1, -0.05) is 44.7 Å². The molecule has 1 aliphatic heterocycles. The van der Waals surface area contributed by atoms with Crippen molar-refractivity contribution in [3.8, 4) is 0 Å². The predicted molar refractivity (Wildman–Crippen MR) is 82.2 cm³/mol. The van der Waals surface area contributed by atoms with Crippen molar-refractivity contribution in [2.75, 3.05) is 6.16 Å². The van der Waals surface area contributed by atoms with Crippen LogP contribution in [0.1, 0.15) is 32.1 Å². The summed E-state index contributed by atoms with van der Waals surface area (Å²) in [5, 5.41) is 1.71. The Balaban J connectivity index is 1.50. The zero-order valence-corrected chi connectivity index (χ0v) is 12.4. The molecule has 5 rings (SSSR count). The molecule has 1 heteroatoms. The second kappa shape index (κ2) is 4.08. The highest BCUT2D eigenvalue weighted by molar-refractivity contribution is 7.66. The van der Waals surface area contributed by atoms with E-state index < -0.39 is 0 Å². The fourth-order valence-corrected chi connectivity index (χ4v) is 10.1. The van der Waals surface area contributed by atoms with Gasteiger partial charge in [-0.25, -0.2) is 0 Å². The molecule has 0 aromatic heterocycles. The Morgan fingerprint density at radius 1 is 0.789 bits per heavy atom. The van der Waals surface area contributed by atoms with Crippen LogP contribution in [0.25, 0.3) is 0 Å².